The number of nitrogens with one attached hydrogen (secondary N) is 1. The van der Waals surface area contributed by atoms with Crippen LogP contribution in [0.4, 0.5) is 5.69 Å². The second-order valence-electron chi connectivity index (χ2n) is 8.47. The average Bonchev–Trinajstić information content (AvgIpc) is 3.41. The second kappa shape index (κ2) is 9.79. The van der Waals surface area contributed by atoms with Crippen molar-refractivity contribution < 1.29 is 9.59 Å². The van der Waals surface area contributed by atoms with Crippen LogP contribution in [0.15, 0.2) is 47.6 Å². The minimum Gasteiger partial charge on any atom is -0.328 e. The molecule has 0 aliphatic carbocycles. The smallest absolute Gasteiger partial charge is 0.254 e. The summed E-state index contributed by atoms with van der Waals surface area (Å²) in [5.74, 6) is 0.933. The van der Waals surface area contributed by atoms with E-state index >= 15 is 0 Å². The molecule has 1 unspecified atom stereocenters. The van der Waals surface area contributed by atoms with Gasteiger partial charge in [0.25, 0.3) is 5.91 Å². The Hall–Kier alpha value is -3.13. The lowest BCUT2D eigenvalue weighted by molar-refractivity contribution is -0.113. The van der Waals surface area contributed by atoms with Gasteiger partial charge < -0.3 is 14.8 Å². The van der Waals surface area contributed by atoms with Crippen LogP contribution >= 0.6 is 11.8 Å². The number of anilines is 1. The number of likely N-dealkylation sites (tertiary alicyclic amines) is 1. The van der Waals surface area contributed by atoms with Crippen molar-refractivity contribution in [3.8, 4) is 0 Å². The van der Waals surface area contributed by atoms with Crippen molar-refractivity contribution >= 4 is 29.3 Å². The number of aromatic nitrogens is 3. The summed E-state index contributed by atoms with van der Waals surface area (Å²) >= 11 is 1.35. The molecule has 1 aliphatic heterocycles. The molecule has 8 heteroatoms. The molecular weight excluding hydrogens is 434 g/mol. The molecule has 0 bridgehead atoms. The van der Waals surface area contributed by atoms with Crippen molar-refractivity contribution in [2.45, 2.75) is 44.8 Å². The maximum absolute atomic E-state index is 13.2. The number of amides is 2. The first kappa shape index (κ1) is 23.0. The zero-order valence-corrected chi connectivity index (χ0v) is 20.3. The third-order valence-electron chi connectivity index (χ3n) is 6.13. The van der Waals surface area contributed by atoms with Crippen molar-refractivity contribution in [3.63, 3.8) is 0 Å². The van der Waals surface area contributed by atoms with E-state index in [4.69, 9.17) is 0 Å². The van der Waals surface area contributed by atoms with Gasteiger partial charge in [-0.15, -0.1) is 10.2 Å². The Labute approximate surface area is 198 Å². The molecule has 1 aromatic heterocycles. The third-order valence-corrected chi connectivity index (χ3v) is 7.15. The van der Waals surface area contributed by atoms with Gasteiger partial charge in [-0.25, -0.2) is 0 Å². The van der Waals surface area contributed by atoms with Gasteiger partial charge in [0.1, 0.15) is 0 Å². The molecule has 2 heterocycles. The van der Waals surface area contributed by atoms with Gasteiger partial charge in [-0.1, -0.05) is 48.2 Å². The SMILES string of the molecule is Cc1ccccc1C(=O)N1CCCC1c1nnc(SCC(=O)Nc2c(C)cccc2C)n1C. The molecule has 7 nitrogen and oxygen atoms in total. The lowest BCUT2D eigenvalue weighted by Gasteiger charge is -2.24. The molecule has 1 aliphatic rings. The Morgan fingerprint density at radius 1 is 1.03 bits per heavy atom. The average molecular weight is 464 g/mol. The highest BCUT2D eigenvalue weighted by Gasteiger charge is 2.34. The van der Waals surface area contributed by atoms with Crippen molar-refractivity contribution in [2.75, 3.05) is 17.6 Å². The summed E-state index contributed by atoms with van der Waals surface area (Å²) in [5.41, 5.74) is 4.63. The largest absolute Gasteiger partial charge is 0.328 e. The number of hydrogen-bond donors (Lipinski definition) is 1. The quantitative estimate of drug-likeness (QED) is 0.547. The zero-order valence-electron chi connectivity index (χ0n) is 19.5. The standard InChI is InChI=1S/C25H29N5O2S/c1-16-9-5-6-12-19(16)24(32)30-14-8-13-20(30)23-27-28-25(29(23)4)33-15-21(31)26-22-17(2)10-7-11-18(22)3/h5-7,9-12,20H,8,13-15H2,1-4H3,(H,26,31). The Kier molecular flexibility index (Phi) is 6.83. The highest BCUT2D eigenvalue weighted by molar-refractivity contribution is 7.99. The molecule has 1 fully saturated rings. The monoisotopic (exact) mass is 463 g/mol. The van der Waals surface area contributed by atoms with Crippen LogP contribution < -0.4 is 5.32 Å². The zero-order chi connectivity index (χ0) is 23.5. The van der Waals surface area contributed by atoms with E-state index in [2.05, 4.69) is 15.5 Å². The van der Waals surface area contributed by atoms with Crippen LogP contribution in [0, 0.1) is 20.8 Å². The fourth-order valence-electron chi connectivity index (χ4n) is 4.31. The second-order valence-corrected chi connectivity index (χ2v) is 9.42. The molecule has 1 atom stereocenters. The lowest BCUT2D eigenvalue weighted by atomic mass is 10.1. The molecule has 0 saturated carbocycles. The predicted molar refractivity (Wildman–Crippen MR) is 130 cm³/mol. The van der Waals surface area contributed by atoms with Crippen LogP contribution in [0.2, 0.25) is 0 Å². The maximum Gasteiger partial charge on any atom is 0.254 e. The van der Waals surface area contributed by atoms with Crippen molar-refractivity contribution in [2.24, 2.45) is 7.05 Å². The van der Waals surface area contributed by atoms with E-state index < -0.39 is 0 Å². The van der Waals surface area contributed by atoms with E-state index in [0.717, 1.165) is 46.6 Å². The van der Waals surface area contributed by atoms with Gasteiger partial charge in [-0.05, 0) is 56.4 Å². The van der Waals surface area contributed by atoms with E-state index in [9.17, 15) is 9.59 Å². The van der Waals surface area contributed by atoms with E-state index in [1.807, 2.05) is 79.8 Å². The topological polar surface area (TPSA) is 80.1 Å². The summed E-state index contributed by atoms with van der Waals surface area (Å²) in [5, 5.41) is 12.4. The Balaban J connectivity index is 1.44. The molecule has 0 spiro atoms. The van der Waals surface area contributed by atoms with Crippen LogP contribution in [0.5, 0.6) is 0 Å². The fraction of sp³-hybridized carbons (Fsp3) is 0.360. The molecule has 2 aromatic carbocycles. The number of aryl methyl sites for hydroxylation is 3. The molecule has 1 saturated heterocycles. The molecular formula is C25H29N5O2S. The van der Waals surface area contributed by atoms with Crippen molar-refractivity contribution in [3.05, 3.63) is 70.5 Å². The van der Waals surface area contributed by atoms with Gasteiger partial charge >= 0.3 is 0 Å². The molecule has 0 radical (unpaired) electrons. The maximum atomic E-state index is 13.2. The van der Waals surface area contributed by atoms with E-state index in [1.165, 1.54) is 11.8 Å². The summed E-state index contributed by atoms with van der Waals surface area (Å²) in [7, 11) is 1.90. The third kappa shape index (κ3) is 4.80. The lowest BCUT2D eigenvalue weighted by Crippen LogP contribution is -2.32. The summed E-state index contributed by atoms with van der Waals surface area (Å²) < 4.78 is 1.91. The Morgan fingerprint density at radius 2 is 1.73 bits per heavy atom. The van der Waals surface area contributed by atoms with Gasteiger partial charge in [0.15, 0.2) is 11.0 Å². The van der Waals surface area contributed by atoms with Crippen LogP contribution in [-0.4, -0.2) is 43.8 Å². The van der Waals surface area contributed by atoms with E-state index in [0.29, 0.717) is 11.7 Å². The highest BCUT2D eigenvalue weighted by atomic mass is 32.2. The number of carbonyl (C=O) groups excluding carboxylic acids is 2. The number of rotatable bonds is 6. The molecule has 4 rings (SSSR count). The number of carbonyl (C=O) groups is 2. The number of benzene rings is 2. The van der Waals surface area contributed by atoms with Gasteiger partial charge in [-0.2, -0.15) is 0 Å². The molecule has 3 aromatic rings. The Bertz CT molecular complexity index is 1170. The van der Waals surface area contributed by atoms with Crippen LogP contribution in [0.3, 0.4) is 0 Å². The normalized spacial score (nSPS) is 15.6. The first-order valence-electron chi connectivity index (χ1n) is 11.1. The highest BCUT2D eigenvalue weighted by Crippen LogP contribution is 2.33. The summed E-state index contributed by atoms with van der Waals surface area (Å²) in [6, 6.07) is 13.5. The Morgan fingerprint density at radius 3 is 2.45 bits per heavy atom. The van der Waals surface area contributed by atoms with Crippen molar-refractivity contribution in [1.82, 2.24) is 19.7 Å². The van der Waals surface area contributed by atoms with Crippen molar-refractivity contribution in [1.29, 1.82) is 0 Å². The molecule has 1 N–H and O–H groups in total. The molecule has 172 valence electrons. The van der Waals surface area contributed by atoms with E-state index in [-0.39, 0.29) is 23.6 Å². The minimum absolute atomic E-state index is 0.0285. The van der Waals surface area contributed by atoms with Gasteiger partial charge in [0.05, 0.1) is 11.8 Å². The van der Waals surface area contributed by atoms with Crippen LogP contribution in [0.1, 0.15) is 51.8 Å². The minimum atomic E-state index is -0.118. The van der Waals surface area contributed by atoms with Crippen LogP contribution in [0.25, 0.3) is 0 Å². The predicted octanol–water partition coefficient (Wildman–Crippen LogP) is 4.45. The summed E-state index contributed by atoms with van der Waals surface area (Å²) in [6.07, 6.45) is 1.77. The first-order valence-corrected chi connectivity index (χ1v) is 12.1. The summed E-state index contributed by atoms with van der Waals surface area (Å²) in [6.45, 7) is 6.62. The van der Waals surface area contributed by atoms with Gasteiger partial charge in [0, 0.05) is 24.8 Å². The molecule has 33 heavy (non-hydrogen) atoms. The number of para-hydroxylation sites is 1. The molecule has 2 amide bonds. The number of thioether (sulfide) groups is 1. The number of hydrogen-bond acceptors (Lipinski definition) is 5. The van der Waals surface area contributed by atoms with E-state index in [1.54, 1.807) is 0 Å². The number of nitrogens with zero attached hydrogens (tertiary/aromatic N) is 4. The fourth-order valence-corrected chi connectivity index (χ4v) is 5.02. The van der Waals surface area contributed by atoms with Crippen LogP contribution in [-0.2, 0) is 11.8 Å². The first-order chi connectivity index (χ1) is 15.9. The van der Waals surface area contributed by atoms with Gasteiger partial charge in [-0.3, -0.25) is 9.59 Å². The summed E-state index contributed by atoms with van der Waals surface area (Å²) in [4.78, 5) is 27.7. The van der Waals surface area contributed by atoms with Gasteiger partial charge in [0.2, 0.25) is 5.91 Å².